The van der Waals surface area contributed by atoms with Gasteiger partial charge < -0.3 is 14.9 Å². The first-order valence-corrected chi connectivity index (χ1v) is 7.28. The minimum atomic E-state index is -2.67. The molecule has 2 aliphatic rings. The molecule has 2 rings (SSSR count). The summed E-state index contributed by atoms with van der Waals surface area (Å²) in [6, 6.07) is -0.774. The van der Waals surface area contributed by atoms with Crippen molar-refractivity contribution < 1.29 is 24.1 Å². The number of hydrogen-bond acceptors (Lipinski definition) is 5. The highest BCUT2D eigenvalue weighted by Crippen LogP contribution is 2.37. The van der Waals surface area contributed by atoms with Crippen LogP contribution in [0.1, 0.15) is 26.2 Å². The summed E-state index contributed by atoms with van der Waals surface area (Å²) in [5.74, 6) is 1.85. The summed E-state index contributed by atoms with van der Waals surface area (Å²) < 4.78 is 20.3. The van der Waals surface area contributed by atoms with Gasteiger partial charge in [0.25, 0.3) is 0 Å². The summed E-state index contributed by atoms with van der Waals surface area (Å²) in [5, 5.41) is 29.2. The Balaban J connectivity index is 2.40. The quantitative estimate of drug-likeness (QED) is 0.554. The highest BCUT2D eigenvalue weighted by Gasteiger charge is 2.59. The van der Waals surface area contributed by atoms with Crippen LogP contribution in [0.25, 0.3) is 0 Å². The van der Waals surface area contributed by atoms with Gasteiger partial charge in [0.05, 0.1) is 6.61 Å². The van der Waals surface area contributed by atoms with E-state index < -0.39 is 36.7 Å². The number of nitrogens with one attached hydrogen (secondary N) is 2. The Hall–Kier alpha value is -1.95. The number of aliphatic hydroxyl groups is 2. The molecule has 7 nitrogen and oxygen atoms in total. The molecular weight excluding hydrogens is 305 g/mol. The molecule has 0 aromatic carbocycles. The Labute approximate surface area is 133 Å². The van der Waals surface area contributed by atoms with Crippen LogP contribution in [0.4, 0.5) is 9.18 Å². The van der Waals surface area contributed by atoms with Crippen molar-refractivity contribution in [1.82, 2.24) is 10.2 Å². The smallest absolute Gasteiger partial charge is 0.329 e. The summed E-state index contributed by atoms with van der Waals surface area (Å²) >= 11 is 0. The Morgan fingerprint density at radius 3 is 2.96 bits per heavy atom. The number of allylic oxidation sites excluding steroid dienone is 1. The molecule has 0 bridgehead atoms. The van der Waals surface area contributed by atoms with Gasteiger partial charge in [-0.3, -0.25) is 15.6 Å². The number of alkyl halides is 1. The molecule has 1 unspecified atom stereocenters. The summed E-state index contributed by atoms with van der Waals surface area (Å²) in [6.07, 6.45) is 3.67. The fourth-order valence-corrected chi connectivity index (χ4v) is 2.66. The van der Waals surface area contributed by atoms with Crippen molar-refractivity contribution in [3.8, 4) is 12.3 Å². The van der Waals surface area contributed by atoms with Crippen LogP contribution in [-0.2, 0) is 4.74 Å². The third-order valence-electron chi connectivity index (χ3n) is 3.95. The van der Waals surface area contributed by atoms with Crippen molar-refractivity contribution in [2.24, 2.45) is 0 Å². The highest BCUT2D eigenvalue weighted by atomic mass is 19.1. The van der Waals surface area contributed by atoms with Crippen LogP contribution in [0.15, 0.2) is 11.8 Å². The van der Waals surface area contributed by atoms with Crippen LogP contribution >= 0.6 is 0 Å². The predicted octanol–water partition coefficient (Wildman–Crippen LogP) is 0.483. The molecule has 1 saturated heterocycles. The molecular formula is C15H20FN3O4. The maximum atomic E-state index is 15.0. The second-order valence-corrected chi connectivity index (χ2v) is 5.71. The molecule has 0 aromatic rings. The molecule has 8 heteroatoms. The fourth-order valence-electron chi connectivity index (χ4n) is 2.66. The second kappa shape index (κ2) is 6.66. The van der Waals surface area contributed by atoms with Crippen LogP contribution in [-0.4, -0.2) is 57.7 Å². The minimum Gasteiger partial charge on any atom is -0.394 e. The lowest BCUT2D eigenvalue weighted by Crippen LogP contribution is -2.54. The molecule has 23 heavy (non-hydrogen) atoms. The Morgan fingerprint density at radius 2 is 2.35 bits per heavy atom. The Morgan fingerprint density at radius 1 is 1.65 bits per heavy atom. The van der Waals surface area contributed by atoms with Crippen LogP contribution in [0.5, 0.6) is 0 Å². The largest absolute Gasteiger partial charge is 0.394 e. The van der Waals surface area contributed by atoms with Gasteiger partial charge in [-0.25, -0.2) is 9.18 Å². The maximum absolute atomic E-state index is 15.0. The van der Waals surface area contributed by atoms with E-state index in [2.05, 4.69) is 5.32 Å². The predicted molar refractivity (Wildman–Crippen MR) is 80.1 cm³/mol. The topological polar surface area (TPSA) is 106 Å². The molecule has 126 valence electrons. The first kappa shape index (κ1) is 17.4. The summed E-state index contributed by atoms with van der Waals surface area (Å²) in [5.41, 5.74) is -1.89. The Bertz CT molecular complexity index is 574. The maximum Gasteiger partial charge on any atom is 0.329 e. The van der Waals surface area contributed by atoms with E-state index in [9.17, 15) is 15.0 Å². The average Bonchev–Trinajstić information content (AvgIpc) is 2.79. The van der Waals surface area contributed by atoms with Crippen molar-refractivity contribution >= 4 is 11.9 Å². The number of halogens is 1. The van der Waals surface area contributed by atoms with Gasteiger partial charge in [0.1, 0.15) is 18.0 Å². The molecule has 2 heterocycles. The Kier molecular flexibility index (Phi) is 5.04. The van der Waals surface area contributed by atoms with Gasteiger partial charge in [0.15, 0.2) is 6.23 Å². The third-order valence-corrected chi connectivity index (χ3v) is 3.95. The minimum absolute atomic E-state index is 0.00511. The van der Waals surface area contributed by atoms with Crippen LogP contribution in [0.3, 0.4) is 0 Å². The van der Waals surface area contributed by atoms with Gasteiger partial charge in [0, 0.05) is 12.6 Å². The summed E-state index contributed by atoms with van der Waals surface area (Å²) in [7, 11) is 0. The number of nitrogens with zero attached hydrogens (tertiary/aromatic N) is 1. The number of carbonyl (C=O) groups is 1. The number of hydrogen-bond donors (Lipinski definition) is 4. The first-order chi connectivity index (χ1) is 10.8. The van der Waals surface area contributed by atoms with Crippen molar-refractivity contribution in [3.05, 3.63) is 11.8 Å². The van der Waals surface area contributed by atoms with Crippen molar-refractivity contribution in [2.75, 3.05) is 6.61 Å². The molecule has 0 aliphatic carbocycles. The number of urea groups is 1. The van der Waals surface area contributed by atoms with Gasteiger partial charge >= 0.3 is 6.03 Å². The number of amides is 2. The van der Waals surface area contributed by atoms with Gasteiger partial charge in [0.2, 0.25) is 5.67 Å². The number of amidine groups is 1. The van der Waals surface area contributed by atoms with E-state index in [0.29, 0.717) is 19.3 Å². The molecule has 1 fully saturated rings. The number of ether oxygens (including phenoxy) is 1. The van der Waals surface area contributed by atoms with Gasteiger partial charge in [-0.1, -0.05) is 11.5 Å². The van der Waals surface area contributed by atoms with Gasteiger partial charge in [-0.05, 0) is 19.8 Å². The van der Waals surface area contributed by atoms with Crippen molar-refractivity contribution in [3.63, 3.8) is 0 Å². The van der Waals surface area contributed by atoms with Gasteiger partial charge in [-0.2, -0.15) is 0 Å². The monoisotopic (exact) mass is 325 g/mol. The molecule has 4 atom stereocenters. The fraction of sp³-hybridized carbons (Fsp3) is 0.600. The zero-order chi connectivity index (χ0) is 17.2. The van der Waals surface area contributed by atoms with Crippen molar-refractivity contribution in [2.45, 2.75) is 50.3 Å². The highest BCUT2D eigenvalue weighted by molar-refractivity contribution is 5.96. The zero-order valence-electron chi connectivity index (χ0n) is 12.8. The van der Waals surface area contributed by atoms with E-state index in [-0.39, 0.29) is 5.84 Å². The number of rotatable bonds is 2. The lowest BCUT2D eigenvalue weighted by molar-refractivity contribution is -0.0641. The van der Waals surface area contributed by atoms with E-state index >= 15 is 4.39 Å². The van der Waals surface area contributed by atoms with E-state index in [1.807, 2.05) is 5.92 Å². The SMILES string of the molecule is C#CC1(F)[C@@H](O)[C@@H](CO)O[C@H]1N1/C=C(/C)CCCC(=N)NC1=O. The average molecular weight is 325 g/mol. The zero-order valence-corrected chi connectivity index (χ0v) is 12.8. The number of aliphatic hydroxyl groups excluding tert-OH is 2. The van der Waals surface area contributed by atoms with E-state index in [1.165, 1.54) is 6.20 Å². The molecule has 0 spiro atoms. The van der Waals surface area contributed by atoms with Gasteiger partial charge in [-0.15, -0.1) is 6.42 Å². The van der Waals surface area contributed by atoms with E-state index in [0.717, 1.165) is 10.5 Å². The third kappa shape index (κ3) is 3.22. The van der Waals surface area contributed by atoms with E-state index in [4.69, 9.17) is 16.6 Å². The molecule has 2 aliphatic heterocycles. The first-order valence-electron chi connectivity index (χ1n) is 7.28. The molecule has 2 amide bonds. The number of terminal acetylenes is 1. The number of carbonyl (C=O) groups excluding carboxylic acids is 1. The normalized spacial score (nSPS) is 38.0. The lowest BCUT2D eigenvalue weighted by atomic mass is 9.96. The summed E-state index contributed by atoms with van der Waals surface area (Å²) in [4.78, 5) is 13.2. The lowest BCUT2D eigenvalue weighted by Gasteiger charge is -2.31. The summed E-state index contributed by atoms with van der Waals surface area (Å²) in [6.45, 7) is 1.12. The van der Waals surface area contributed by atoms with Crippen molar-refractivity contribution in [1.29, 1.82) is 5.41 Å². The molecule has 0 radical (unpaired) electrons. The van der Waals surface area contributed by atoms with Crippen LogP contribution < -0.4 is 5.32 Å². The standard InChI is InChI=1S/C15H20FN3O4/c1-3-15(16)12(21)10(8-20)23-13(15)19-7-9(2)5-4-6-11(17)18-14(19)22/h1,7,10,12-13,20-21H,4-6,8H2,2H3,(H2,17,18,22)/b9-7-/t10-,12+,13-,15?/m1/s1. The van der Waals surface area contributed by atoms with Crippen LogP contribution in [0.2, 0.25) is 0 Å². The molecule has 4 N–H and O–H groups in total. The molecule has 0 saturated carbocycles. The molecule has 0 aromatic heterocycles. The van der Waals surface area contributed by atoms with Crippen LogP contribution in [0, 0.1) is 17.8 Å². The van der Waals surface area contributed by atoms with E-state index in [1.54, 1.807) is 6.92 Å². The second-order valence-electron chi connectivity index (χ2n) is 5.71.